The summed E-state index contributed by atoms with van der Waals surface area (Å²) >= 11 is 0. The number of nitrogens with zero attached hydrogens (tertiary/aromatic N) is 2. The lowest BCUT2D eigenvalue weighted by atomic mass is 10.0. The largest absolute Gasteiger partial charge is 0.346 e. The number of nitrogens with one attached hydrogen (secondary N) is 1. The maximum atomic E-state index is 12.8. The van der Waals surface area contributed by atoms with Crippen molar-refractivity contribution < 1.29 is 9.59 Å². The number of hydrogen-bond donors (Lipinski definition) is 1. The van der Waals surface area contributed by atoms with Gasteiger partial charge in [-0.3, -0.25) is 9.59 Å². The quantitative estimate of drug-likeness (QED) is 0.638. The SMILES string of the molecule is CCCN1CCC(NC(=O)C(=O)c2cn(C(C)C)c3ccccc23)CC1. The van der Waals surface area contributed by atoms with Gasteiger partial charge in [0.05, 0.1) is 5.56 Å². The first-order valence-corrected chi connectivity index (χ1v) is 9.68. The van der Waals surface area contributed by atoms with Crippen LogP contribution in [0.15, 0.2) is 30.5 Å². The molecule has 0 bridgehead atoms. The maximum absolute atomic E-state index is 12.8. The maximum Gasteiger partial charge on any atom is 0.292 e. The van der Waals surface area contributed by atoms with Gasteiger partial charge in [0, 0.05) is 42.3 Å². The van der Waals surface area contributed by atoms with E-state index in [9.17, 15) is 9.59 Å². The molecule has 5 nitrogen and oxygen atoms in total. The fourth-order valence-corrected chi connectivity index (χ4v) is 3.80. The summed E-state index contributed by atoms with van der Waals surface area (Å²) in [6, 6.07) is 8.10. The van der Waals surface area contributed by atoms with Crippen molar-refractivity contribution in [2.24, 2.45) is 0 Å². The summed E-state index contributed by atoms with van der Waals surface area (Å²) in [5, 5.41) is 3.80. The summed E-state index contributed by atoms with van der Waals surface area (Å²) in [6.07, 6.45) is 4.79. The van der Waals surface area contributed by atoms with Gasteiger partial charge < -0.3 is 14.8 Å². The van der Waals surface area contributed by atoms with Gasteiger partial charge in [0.2, 0.25) is 0 Å². The van der Waals surface area contributed by atoms with Gasteiger partial charge >= 0.3 is 0 Å². The van der Waals surface area contributed by atoms with Crippen molar-refractivity contribution in [3.63, 3.8) is 0 Å². The predicted octanol–water partition coefficient (Wildman–Crippen LogP) is 3.40. The van der Waals surface area contributed by atoms with Crippen molar-refractivity contribution >= 4 is 22.6 Å². The van der Waals surface area contributed by atoms with Crippen LogP contribution in [-0.2, 0) is 4.79 Å². The number of fused-ring (bicyclic) bond motifs is 1. The fraction of sp³-hybridized carbons (Fsp3) is 0.524. The van der Waals surface area contributed by atoms with E-state index < -0.39 is 11.7 Å². The number of carbonyl (C=O) groups excluding carboxylic acids is 2. The zero-order valence-electron chi connectivity index (χ0n) is 16.0. The van der Waals surface area contributed by atoms with E-state index in [1.165, 1.54) is 0 Å². The molecule has 1 aromatic carbocycles. The number of likely N-dealkylation sites (tertiary alicyclic amines) is 1. The van der Waals surface area contributed by atoms with Crippen LogP contribution in [0.25, 0.3) is 10.9 Å². The normalized spacial score (nSPS) is 16.3. The summed E-state index contributed by atoms with van der Waals surface area (Å²) in [5.41, 5.74) is 1.49. The molecule has 5 heteroatoms. The van der Waals surface area contributed by atoms with Crippen molar-refractivity contribution in [3.05, 3.63) is 36.0 Å². The molecular weight excluding hydrogens is 326 g/mol. The number of hydrogen-bond acceptors (Lipinski definition) is 3. The Bertz CT molecular complexity index is 786. The zero-order valence-corrected chi connectivity index (χ0v) is 16.0. The van der Waals surface area contributed by atoms with Crippen LogP contribution in [-0.4, -0.2) is 46.8 Å². The Morgan fingerprint density at radius 1 is 1.19 bits per heavy atom. The Morgan fingerprint density at radius 3 is 2.54 bits per heavy atom. The van der Waals surface area contributed by atoms with Gasteiger partial charge in [0.25, 0.3) is 11.7 Å². The minimum absolute atomic E-state index is 0.0954. The Morgan fingerprint density at radius 2 is 1.88 bits per heavy atom. The molecule has 0 spiro atoms. The summed E-state index contributed by atoms with van der Waals surface area (Å²) < 4.78 is 2.05. The highest BCUT2D eigenvalue weighted by Gasteiger charge is 2.26. The third kappa shape index (κ3) is 3.83. The van der Waals surface area contributed by atoms with E-state index in [0.29, 0.717) is 5.56 Å². The van der Waals surface area contributed by atoms with E-state index in [4.69, 9.17) is 0 Å². The van der Waals surface area contributed by atoms with E-state index in [-0.39, 0.29) is 12.1 Å². The molecule has 1 fully saturated rings. The van der Waals surface area contributed by atoms with E-state index in [1.807, 2.05) is 30.5 Å². The summed E-state index contributed by atoms with van der Waals surface area (Å²) in [4.78, 5) is 27.8. The molecular formula is C21H29N3O2. The standard InChI is InChI=1S/C21H29N3O2/c1-4-11-23-12-9-16(10-13-23)22-21(26)20(25)18-14-24(15(2)3)19-8-6-5-7-17(18)19/h5-8,14-16H,4,9-13H2,1-3H3,(H,22,26). The molecule has 2 aromatic rings. The molecule has 3 rings (SSSR count). The minimum Gasteiger partial charge on any atom is -0.346 e. The average Bonchev–Trinajstić information content (AvgIpc) is 3.03. The van der Waals surface area contributed by atoms with E-state index in [1.54, 1.807) is 0 Å². The van der Waals surface area contributed by atoms with Gasteiger partial charge in [-0.1, -0.05) is 25.1 Å². The Kier molecular flexibility index (Phi) is 5.77. The first-order valence-electron chi connectivity index (χ1n) is 9.68. The number of piperidine rings is 1. The number of para-hydroxylation sites is 1. The van der Waals surface area contributed by atoms with Crippen molar-refractivity contribution in [3.8, 4) is 0 Å². The summed E-state index contributed by atoms with van der Waals surface area (Å²) in [5.74, 6) is -0.915. The van der Waals surface area contributed by atoms with Crippen molar-refractivity contribution in [1.82, 2.24) is 14.8 Å². The Labute approximate surface area is 155 Å². The van der Waals surface area contributed by atoms with Crippen molar-refractivity contribution in [2.45, 2.75) is 52.1 Å². The lowest BCUT2D eigenvalue weighted by Gasteiger charge is -2.31. The van der Waals surface area contributed by atoms with Crippen LogP contribution in [0, 0.1) is 0 Å². The molecule has 1 aliphatic heterocycles. The second-order valence-corrected chi connectivity index (χ2v) is 7.48. The molecule has 140 valence electrons. The number of amides is 1. The minimum atomic E-state index is -0.481. The van der Waals surface area contributed by atoms with Crippen LogP contribution in [0.4, 0.5) is 0 Å². The van der Waals surface area contributed by atoms with Gasteiger partial charge in [-0.05, 0) is 45.7 Å². The van der Waals surface area contributed by atoms with Crippen molar-refractivity contribution in [2.75, 3.05) is 19.6 Å². The molecule has 0 atom stereocenters. The van der Waals surface area contributed by atoms with Gasteiger partial charge in [0.1, 0.15) is 0 Å². The second-order valence-electron chi connectivity index (χ2n) is 7.48. The third-order valence-corrected chi connectivity index (χ3v) is 5.21. The first-order chi connectivity index (χ1) is 12.5. The van der Waals surface area contributed by atoms with Gasteiger partial charge in [-0.25, -0.2) is 0 Å². The average molecular weight is 355 g/mol. The van der Waals surface area contributed by atoms with Crippen LogP contribution in [0.1, 0.15) is 56.4 Å². The molecule has 26 heavy (non-hydrogen) atoms. The number of ketones is 1. The number of carbonyl (C=O) groups is 2. The topological polar surface area (TPSA) is 54.3 Å². The monoisotopic (exact) mass is 355 g/mol. The lowest BCUT2D eigenvalue weighted by Crippen LogP contribution is -2.46. The van der Waals surface area contributed by atoms with Gasteiger partial charge in [-0.2, -0.15) is 0 Å². The highest BCUT2D eigenvalue weighted by Crippen LogP contribution is 2.25. The number of benzene rings is 1. The summed E-state index contributed by atoms with van der Waals surface area (Å²) in [6.45, 7) is 9.41. The molecule has 0 unspecified atom stereocenters. The smallest absolute Gasteiger partial charge is 0.292 e. The zero-order chi connectivity index (χ0) is 18.7. The molecule has 0 radical (unpaired) electrons. The van der Waals surface area contributed by atoms with Crippen LogP contribution in [0.2, 0.25) is 0 Å². The predicted molar refractivity (Wildman–Crippen MR) is 105 cm³/mol. The van der Waals surface area contributed by atoms with Gasteiger partial charge in [0.15, 0.2) is 0 Å². The van der Waals surface area contributed by atoms with Crippen LogP contribution < -0.4 is 5.32 Å². The molecule has 0 saturated carbocycles. The fourth-order valence-electron chi connectivity index (χ4n) is 3.80. The second kappa shape index (κ2) is 8.04. The van der Waals surface area contributed by atoms with Crippen LogP contribution >= 0.6 is 0 Å². The first kappa shape index (κ1) is 18.6. The molecule has 2 heterocycles. The van der Waals surface area contributed by atoms with E-state index in [2.05, 4.69) is 35.6 Å². The molecule has 0 aliphatic carbocycles. The highest BCUT2D eigenvalue weighted by molar-refractivity contribution is 6.45. The van der Waals surface area contributed by atoms with E-state index >= 15 is 0 Å². The molecule has 1 amide bonds. The van der Waals surface area contributed by atoms with E-state index in [0.717, 1.165) is 49.8 Å². The highest BCUT2D eigenvalue weighted by atomic mass is 16.2. The van der Waals surface area contributed by atoms with Crippen LogP contribution in [0.5, 0.6) is 0 Å². The van der Waals surface area contributed by atoms with Crippen LogP contribution in [0.3, 0.4) is 0 Å². The Hall–Kier alpha value is -2.14. The van der Waals surface area contributed by atoms with Crippen molar-refractivity contribution in [1.29, 1.82) is 0 Å². The summed E-state index contributed by atoms with van der Waals surface area (Å²) in [7, 11) is 0. The number of aromatic nitrogens is 1. The molecule has 1 N–H and O–H groups in total. The third-order valence-electron chi connectivity index (χ3n) is 5.21. The Balaban J connectivity index is 1.72. The molecule has 1 aliphatic rings. The molecule has 1 saturated heterocycles. The lowest BCUT2D eigenvalue weighted by molar-refractivity contribution is -0.117. The number of Topliss-reactive ketones (excluding diaryl/α,β-unsaturated/α-hetero) is 1. The van der Waals surface area contributed by atoms with Gasteiger partial charge in [-0.15, -0.1) is 0 Å². The molecule has 1 aromatic heterocycles. The number of rotatable bonds is 6.